The number of amides is 1. The molecule has 1 atom stereocenters. The Morgan fingerprint density at radius 2 is 0.980 bits per heavy atom. The minimum atomic E-state index is -1.02. The van der Waals surface area contributed by atoms with Crippen LogP contribution in [0.1, 0.15) is 194 Å². The number of carbonyl (C=O) groups is 3. The van der Waals surface area contributed by atoms with Crippen molar-refractivity contribution in [3.8, 4) is 0 Å². The predicted molar refractivity (Wildman–Crippen MR) is 208 cm³/mol. The number of ether oxygens (including phenoxy) is 1. The lowest BCUT2D eigenvalue weighted by Crippen LogP contribution is -2.28. The third-order valence-corrected chi connectivity index (χ3v) is 8.72. The number of aliphatic carboxylic acids is 1. The Bertz CT molecular complexity index is 891. The van der Waals surface area contributed by atoms with Crippen molar-refractivity contribution in [3.63, 3.8) is 0 Å². The molecule has 0 bridgehead atoms. The Morgan fingerprint density at radius 3 is 1.55 bits per heavy atom. The molecular formula is C43H75NO5. The summed E-state index contributed by atoms with van der Waals surface area (Å²) in [5.74, 6) is -1.28. The van der Waals surface area contributed by atoms with Gasteiger partial charge < -0.3 is 15.2 Å². The van der Waals surface area contributed by atoms with Gasteiger partial charge in [0, 0.05) is 12.8 Å². The Labute approximate surface area is 301 Å². The minimum absolute atomic E-state index is 0.0245. The molecule has 0 saturated heterocycles. The minimum Gasteiger partial charge on any atom is -0.480 e. The van der Waals surface area contributed by atoms with Crippen molar-refractivity contribution in [1.82, 2.24) is 5.32 Å². The molecule has 0 radical (unpaired) electrons. The van der Waals surface area contributed by atoms with Crippen LogP contribution in [0.15, 0.2) is 48.6 Å². The number of unbranched alkanes of at least 4 members (excludes halogenated alkanes) is 17. The van der Waals surface area contributed by atoms with Gasteiger partial charge in [0.2, 0.25) is 5.91 Å². The second kappa shape index (κ2) is 38.2. The van der Waals surface area contributed by atoms with Gasteiger partial charge >= 0.3 is 11.9 Å². The lowest BCUT2D eigenvalue weighted by molar-refractivity contribution is -0.150. The van der Waals surface area contributed by atoms with Crippen LogP contribution in [0.2, 0.25) is 0 Å². The number of carboxylic acid groups (broad SMARTS) is 1. The molecular weight excluding hydrogens is 610 g/mol. The molecule has 6 nitrogen and oxygen atoms in total. The topological polar surface area (TPSA) is 92.7 Å². The van der Waals surface area contributed by atoms with Gasteiger partial charge in [0.05, 0.1) is 0 Å². The molecule has 0 aliphatic heterocycles. The summed E-state index contributed by atoms with van der Waals surface area (Å²) in [6, 6.07) is 0. The molecule has 0 aromatic rings. The summed E-state index contributed by atoms with van der Waals surface area (Å²) in [5.41, 5.74) is 0. The molecule has 0 fully saturated rings. The molecule has 49 heavy (non-hydrogen) atoms. The van der Waals surface area contributed by atoms with Crippen LogP contribution in [-0.2, 0) is 19.1 Å². The van der Waals surface area contributed by atoms with E-state index in [4.69, 9.17) is 9.84 Å². The molecule has 0 heterocycles. The Morgan fingerprint density at radius 1 is 0.531 bits per heavy atom. The molecule has 0 aromatic heterocycles. The smallest absolute Gasteiger partial charge is 0.322 e. The second-order valence-electron chi connectivity index (χ2n) is 13.5. The van der Waals surface area contributed by atoms with E-state index >= 15 is 0 Å². The predicted octanol–water partition coefficient (Wildman–Crippen LogP) is 12.3. The number of hydrogen-bond donors (Lipinski definition) is 2. The van der Waals surface area contributed by atoms with E-state index in [1.165, 1.54) is 77.0 Å². The van der Waals surface area contributed by atoms with Crippen molar-refractivity contribution >= 4 is 17.8 Å². The summed E-state index contributed by atoms with van der Waals surface area (Å²) in [5, 5.41) is 11.1. The van der Waals surface area contributed by atoms with Crippen LogP contribution in [0.25, 0.3) is 0 Å². The van der Waals surface area contributed by atoms with E-state index in [1.54, 1.807) is 0 Å². The molecule has 0 aliphatic rings. The molecule has 0 rings (SSSR count). The number of carboxylic acids is 1. The van der Waals surface area contributed by atoms with Crippen LogP contribution in [-0.4, -0.2) is 35.6 Å². The van der Waals surface area contributed by atoms with E-state index in [2.05, 4.69) is 67.8 Å². The fraction of sp³-hybridized carbons (Fsp3) is 0.744. The van der Waals surface area contributed by atoms with Gasteiger partial charge in [-0.1, -0.05) is 140 Å². The highest BCUT2D eigenvalue weighted by Crippen LogP contribution is 2.17. The monoisotopic (exact) mass is 686 g/mol. The maximum atomic E-state index is 12.7. The average molecular weight is 686 g/mol. The van der Waals surface area contributed by atoms with Crippen molar-refractivity contribution < 1.29 is 24.2 Å². The zero-order valence-corrected chi connectivity index (χ0v) is 31.8. The number of carbonyl (C=O) groups excluding carboxylic acids is 2. The van der Waals surface area contributed by atoms with Crippen LogP contribution in [0.3, 0.4) is 0 Å². The summed E-state index contributed by atoms with van der Waals surface area (Å²) in [7, 11) is 0. The van der Waals surface area contributed by atoms with Crippen molar-refractivity contribution in [2.75, 3.05) is 6.54 Å². The summed E-state index contributed by atoms with van der Waals surface area (Å²) in [6.07, 6.45) is 47.9. The molecule has 6 heteroatoms. The quantitative estimate of drug-likeness (QED) is 0.0389. The molecule has 2 N–H and O–H groups in total. The van der Waals surface area contributed by atoms with E-state index in [1.807, 2.05) is 0 Å². The first-order chi connectivity index (χ1) is 24.0. The molecule has 0 aromatic carbocycles. The highest BCUT2D eigenvalue weighted by atomic mass is 16.5. The van der Waals surface area contributed by atoms with Crippen LogP contribution in [0.4, 0.5) is 0 Å². The molecule has 1 amide bonds. The Balaban J connectivity index is 4.30. The van der Waals surface area contributed by atoms with Gasteiger partial charge in [-0.2, -0.15) is 0 Å². The number of rotatable bonds is 36. The van der Waals surface area contributed by atoms with E-state index in [0.717, 1.165) is 89.9 Å². The van der Waals surface area contributed by atoms with Crippen molar-refractivity contribution in [3.05, 3.63) is 48.6 Å². The largest absolute Gasteiger partial charge is 0.480 e. The zero-order chi connectivity index (χ0) is 35.9. The molecule has 0 saturated carbocycles. The maximum absolute atomic E-state index is 12.7. The summed E-state index contributed by atoms with van der Waals surface area (Å²) < 4.78 is 5.99. The second-order valence-corrected chi connectivity index (χ2v) is 13.5. The third-order valence-electron chi connectivity index (χ3n) is 8.72. The van der Waals surface area contributed by atoms with Crippen LogP contribution in [0.5, 0.6) is 0 Å². The Hall–Kier alpha value is -2.63. The van der Waals surface area contributed by atoms with Crippen LogP contribution in [0, 0.1) is 0 Å². The fourth-order valence-corrected chi connectivity index (χ4v) is 5.68. The summed E-state index contributed by atoms with van der Waals surface area (Å²) in [4.78, 5) is 34.9. The Kier molecular flexibility index (Phi) is 36.1. The number of allylic oxidation sites excluding steroid dienone is 8. The SMILES string of the molecule is CCCC/C=C\C/C=C\CCCCCCCC(=O)OC(CCC/C=C\C/C=C\CCCCCCC)CCCCCCCC(=O)NCC(=O)O. The molecule has 1 unspecified atom stereocenters. The van der Waals surface area contributed by atoms with E-state index < -0.39 is 5.97 Å². The van der Waals surface area contributed by atoms with Gasteiger partial charge in [0.1, 0.15) is 12.6 Å². The first-order valence-corrected chi connectivity index (χ1v) is 20.3. The van der Waals surface area contributed by atoms with Gasteiger partial charge in [0.15, 0.2) is 0 Å². The van der Waals surface area contributed by atoms with E-state index in [0.29, 0.717) is 12.8 Å². The van der Waals surface area contributed by atoms with Crippen molar-refractivity contribution in [1.29, 1.82) is 0 Å². The number of nitrogens with one attached hydrogen (secondary N) is 1. The zero-order valence-electron chi connectivity index (χ0n) is 31.8. The van der Waals surface area contributed by atoms with Crippen molar-refractivity contribution in [2.45, 2.75) is 200 Å². The lowest BCUT2D eigenvalue weighted by Gasteiger charge is -2.18. The fourth-order valence-electron chi connectivity index (χ4n) is 5.68. The van der Waals surface area contributed by atoms with E-state index in [9.17, 15) is 14.4 Å². The van der Waals surface area contributed by atoms with Gasteiger partial charge in [-0.25, -0.2) is 0 Å². The highest BCUT2D eigenvalue weighted by molar-refractivity contribution is 5.80. The highest BCUT2D eigenvalue weighted by Gasteiger charge is 2.14. The van der Waals surface area contributed by atoms with Gasteiger partial charge in [-0.05, 0) is 89.9 Å². The maximum Gasteiger partial charge on any atom is 0.322 e. The summed E-state index contributed by atoms with van der Waals surface area (Å²) >= 11 is 0. The first-order valence-electron chi connectivity index (χ1n) is 20.3. The van der Waals surface area contributed by atoms with Gasteiger partial charge in [-0.3, -0.25) is 14.4 Å². The van der Waals surface area contributed by atoms with E-state index in [-0.39, 0.29) is 24.5 Å². The van der Waals surface area contributed by atoms with Gasteiger partial charge in [0.25, 0.3) is 0 Å². The number of esters is 1. The number of hydrogen-bond acceptors (Lipinski definition) is 4. The van der Waals surface area contributed by atoms with Crippen LogP contribution >= 0.6 is 0 Å². The average Bonchev–Trinajstić information content (AvgIpc) is 3.08. The molecule has 0 spiro atoms. The lowest BCUT2D eigenvalue weighted by atomic mass is 10.0. The normalized spacial score (nSPS) is 12.5. The standard InChI is InChI=1S/C43H75NO5/c1-3-5-7-9-11-13-15-17-19-21-23-25-30-34-38-43(48)49-40(36-32-28-26-29-33-37-41(45)44-39-42(46)47)35-31-27-24-22-20-18-16-14-12-10-8-6-4-2/h9,11,15-18,22,24,40H,3-8,10,12-14,19-21,23,25-39H2,1-2H3,(H,44,45)(H,46,47)/b11-9-,17-15-,18-16-,24-22-. The summed E-state index contributed by atoms with van der Waals surface area (Å²) in [6.45, 7) is 4.16. The molecule has 0 aliphatic carbocycles. The van der Waals surface area contributed by atoms with Gasteiger partial charge in [-0.15, -0.1) is 0 Å². The van der Waals surface area contributed by atoms with Crippen molar-refractivity contribution in [2.24, 2.45) is 0 Å². The van der Waals surface area contributed by atoms with Crippen LogP contribution < -0.4 is 5.32 Å². The molecule has 282 valence electrons. The third kappa shape index (κ3) is 38.0. The first kappa shape index (κ1) is 46.4.